The maximum Gasteiger partial charge on any atom is 0.343 e. The first kappa shape index (κ1) is 57.0. The van der Waals surface area contributed by atoms with Gasteiger partial charge >= 0.3 is 11.9 Å². The van der Waals surface area contributed by atoms with Crippen molar-refractivity contribution >= 4 is 32.9 Å². The summed E-state index contributed by atoms with van der Waals surface area (Å²) in [6.07, 6.45) is 8.89. The van der Waals surface area contributed by atoms with Crippen molar-refractivity contribution in [1.82, 2.24) is 44.0 Å². The summed E-state index contributed by atoms with van der Waals surface area (Å²) in [4.78, 5) is 68.1. The highest BCUT2D eigenvalue weighted by Gasteiger charge is 2.45. The third-order valence-electron chi connectivity index (χ3n) is 15.2. The fourth-order valence-electron chi connectivity index (χ4n) is 11.0. The Kier molecular flexibility index (Phi) is 17.2. The maximum absolute atomic E-state index is 13.8. The van der Waals surface area contributed by atoms with E-state index in [-0.39, 0.29) is 59.0 Å². The summed E-state index contributed by atoms with van der Waals surface area (Å²) in [7, 11) is -3.93. The summed E-state index contributed by atoms with van der Waals surface area (Å²) >= 11 is 0. The Bertz CT molecular complexity index is 3820. The number of aliphatic hydroxyl groups is 1. The van der Waals surface area contributed by atoms with Gasteiger partial charge in [0.2, 0.25) is 10.0 Å². The summed E-state index contributed by atoms with van der Waals surface area (Å²) in [5.74, 6) is -0.513. The number of aromatic nitrogens is 6. The van der Waals surface area contributed by atoms with Crippen molar-refractivity contribution in [3.63, 3.8) is 0 Å². The lowest BCUT2D eigenvalue weighted by Gasteiger charge is -2.31. The summed E-state index contributed by atoms with van der Waals surface area (Å²) < 4.78 is 48.8. The lowest BCUT2D eigenvalue weighted by molar-refractivity contribution is -0.172. The summed E-state index contributed by atoms with van der Waals surface area (Å²) in [5, 5.41) is 12.0. The summed E-state index contributed by atoms with van der Waals surface area (Å²) in [6, 6.07) is 42.4. The van der Waals surface area contributed by atoms with E-state index in [9.17, 15) is 27.9 Å². The molecule has 0 radical (unpaired) electrons. The number of benzene rings is 3. The van der Waals surface area contributed by atoms with Crippen LogP contribution in [0.4, 0.5) is 0 Å². The lowest BCUT2D eigenvalue weighted by Crippen LogP contribution is -2.44. The third-order valence-corrected chi connectivity index (χ3v) is 16.6. The number of hydrogen-bond acceptors (Lipinski definition) is 16. The second-order valence-corrected chi connectivity index (χ2v) is 22.7. The number of esters is 2. The maximum atomic E-state index is 13.8. The topological polar surface area (TPSA) is 221 Å². The van der Waals surface area contributed by atoms with Crippen LogP contribution in [0.3, 0.4) is 0 Å². The predicted octanol–water partition coefficient (Wildman–Crippen LogP) is 8.98. The molecule has 0 amide bonds. The zero-order chi connectivity index (χ0) is 58.2. The number of pyridine rings is 6. The molecule has 2 N–H and O–H groups in total. The molecular weight excluding hydrogens is 1080 g/mol. The van der Waals surface area contributed by atoms with E-state index < -0.39 is 27.6 Å². The van der Waals surface area contributed by atoms with Gasteiger partial charge in [-0.3, -0.25) is 34.5 Å². The number of aryl methyl sites for hydroxylation is 1. The van der Waals surface area contributed by atoms with Crippen molar-refractivity contribution in [1.29, 1.82) is 0 Å². The average Bonchev–Trinajstić information content (AvgIpc) is 1.65. The van der Waals surface area contributed by atoms with Gasteiger partial charge in [0.15, 0.2) is 5.60 Å². The Morgan fingerprint density at radius 1 is 0.690 bits per heavy atom. The van der Waals surface area contributed by atoms with Crippen molar-refractivity contribution in [2.45, 2.75) is 102 Å². The number of carbonyl (C=O) groups is 2. The highest BCUT2D eigenvalue weighted by atomic mass is 32.2. The SMILES string of the molecule is CCc1c2c(nc3ccc(OC(=O)c4ccc(S(=O)(=O)NCCCCOc5cc(CN(Cc6ccccn6)Cc6ccccn6)cc(CN(Cc6ccccn6)Cc6ccccn6)c5)cc4)cc13)-c1cc3c(c(=O)n1C2)COC(=O)[C@]3(O)CC. The zero-order valence-corrected chi connectivity index (χ0v) is 47.5. The number of ether oxygens (including phenoxy) is 3. The van der Waals surface area contributed by atoms with E-state index in [2.05, 4.69) is 52.7 Å². The van der Waals surface area contributed by atoms with Gasteiger partial charge in [0.05, 0.1) is 68.9 Å². The van der Waals surface area contributed by atoms with Crippen LogP contribution in [0, 0.1) is 0 Å². The normalized spacial score (nSPS) is 14.5. The van der Waals surface area contributed by atoms with Gasteiger partial charge in [0.25, 0.3) is 5.56 Å². The van der Waals surface area contributed by atoms with Gasteiger partial charge in [-0.2, -0.15) is 0 Å². The summed E-state index contributed by atoms with van der Waals surface area (Å²) in [6.45, 7) is 7.75. The van der Waals surface area contributed by atoms with Gasteiger partial charge in [-0.25, -0.2) is 27.7 Å². The van der Waals surface area contributed by atoms with Crippen LogP contribution >= 0.6 is 0 Å². The molecule has 0 aliphatic carbocycles. The molecule has 6 aromatic heterocycles. The van der Waals surface area contributed by atoms with Crippen LogP contribution in [0.2, 0.25) is 0 Å². The number of fused-ring (bicyclic) bond motifs is 5. The van der Waals surface area contributed by atoms with Crippen molar-refractivity contribution in [3.05, 3.63) is 236 Å². The number of hydrogen-bond donors (Lipinski definition) is 2. The Morgan fingerprint density at radius 2 is 1.27 bits per heavy atom. The summed E-state index contributed by atoms with van der Waals surface area (Å²) in [5.41, 5.74) is 7.61. The molecular formula is C65H63N9O9S. The Balaban J connectivity index is 0.730. The van der Waals surface area contributed by atoms with Crippen LogP contribution in [0.25, 0.3) is 22.3 Å². The number of unbranched alkanes of at least 4 members (excludes halogenated alkanes) is 1. The van der Waals surface area contributed by atoms with E-state index in [1.807, 2.05) is 79.7 Å². The minimum Gasteiger partial charge on any atom is -0.494 e. The van der Waals surface area contributed by atoms with Crippen LogP contribution in [-0.2, 0) is 84.0 Å². The molecule has 0 saturated heterocycles. The quantitative estimate of drug-likeness (QED) is 0.0327. The van der Waals surface area contributed by atoms with Gasteiger partial charge < -0.3 is 23.9 Å². The number of carbonyl (C=O) groups excluding carboxylic acids is 2. The molecule has 0 bridgehead atoms. The molecule has 0 unspecified atom stereocenters. The molecule has 0 saturated carbocycles. The van der Waals surface area contributed by atoms with Gasteiger partial charge in [-0.15, -0.1) is 0 Å². The molecule has 428 valence electrons. The number of sulfonamides is 1. The van der Waals surface area contributed by atoms with E-state index in [0.717, 1.165) is 50.4 Å². The highest BCUT2D eigenvalue weighted by molar-refractivity contribution is 7.89. The van der Waals surface area contributed by atoms with Gasteiger partial charge in [0, 0.05) is 87.1 Å². The zero-order valence-electron chi connectivity index (χ0n) is 46.7. The predicted molar refractivity (Wildman–Crippen MR) is 315 cm³/mol. The van der Waals surface area contributed by atoms with Crippen LogP contribution in [-0.4, -0.2) is 77.9 Å². The molecule has 9 aromatic rings. The molecule has 1 atom stereocenters. The first-order chi connectivity index (χ1) is 40.8. The largest absolute Gasteiger partial charge is 0.494 e. The van der Waals surface area contributed by atoms with Crippen LogP contribution in [0.15, 0.2) is 174 Å². The number of nitrogens with zero attached hydrogens (tertiary/aromatic N) is 8. The van der Waals surface area contributed by atoms with Crippen molar-refractivity contribution in [2.75, 3.05) is 13.2 Å². The van der Waals surface area contributed by atoms with Gasteiger partial charge in [0.1, 0.15) is 18.1 Å². The molecule has 84 heavy (non-hydrogen) atoms. The molecule has 2 aliphatic rings. The molecule has 19 heteroatoms. The fourth-order valence-corrected chi connectivity index (χ4v) is 12.1. The average molecular weight is 1150 g/mol. The minimum atomic E-state index is -3.93. The van der Waals surface area contributed by atoms with Crippen molar-refractivity contribution in [3.8, 4) is 22.9 Å². The van der Waals surface area contributed by atoms with Crippen LogP contribution < -0.4 is 19.8 Å². The highest BCUT2D eigenvalue weighted by Crippen LogP contribution is 2.41. The second-order valence-electron chi connectivity index (χ2n) is 21.0. The van der Waals surface area contributed by atoms with E-state index in [0.29, 0.717) is 87.8 Å². The standard InChI is InChI=1S/C65H63N9O9S/c1-3-54-55-34-51(21-24-59(55)71-61-56(54)42-74-60(61)35-58-57(62(74)75)43-82-64(77)65(58,78)4-2)83-63(76)46-19-22-53(23-20-46)84(79,80)70-29-13-14-30-81-52-32-44(36-72(38-47-15-5-9-25-66-47)39-48-16-6-10-26-67-48)31-45(33-52)37-73(40-49-17-7-11-27-68-49)41-50-18-8-12-28-69-50/h5-12,15-28,31-35,70,78H,3-4,13-14,29-30,36-43H2,1-2H3/t65-/m0/s1. The monoisotopic (exact) mass is 1150 g/mol. The lowest BCUT2D eigenvalue weighted by atomic mass is 9.86. The molecule has 8 heterocycles. The Hall–Kier alpha value is -8.85. The molecule has 18 nitrogen and oxygen atoms in total. The van der Waals surface area contributed by atoms with Crippen molar-refractivity contribution < 1.29 is 37.3 Å². The Morgan fingerprint density at radius 3 is 1.81 bits per heavy atom. The van der Waals surface area contributed by atoms with Gasteiger partial charge in [-0.1, -0.05) is 44.2 Å². The van der Waals surface area contributed by atoms with E-state index in [1.165, 1.54) is 24.3 Å². The van der Waals surface area contributed by atoms with Crippen molar-refractivity contribution in [2.24, 2.45) is 0 Å². The second kappa shape index (κ2) is 25.3. The van der Waals surface area contributed by atoms with E-state index >= 15 is 0 Å². The van der Waals surface area contributed by atoms with Crippen LogP contribution in [0.5, 0.6) is 11.5 Å². The molecule has 0 fully saturated rings. The number of nitrogens with one attached hydrogen (secondary N) is 1. The van der Waals surface area contributed by atoms with Gasteiger partial charge in [-0.05, 0) is 152 Å². The first-order valence-corrected chi connectivity index (χ1v) is 29.6. The van der Waals surface area contributed by atoms with E-state index in [1.54, 1.807) is 60.5 Å². The van der Waals surface area contributed by atoms with Crippen LogP contribution in [0.1, 0.15) is 99.6 Å². The minimum absolute atomic E-state index is 0.00223. The third kappa shape index (κ3) is 12.8. The first-order valence-electron chi connectivity index (χ1n) is 28.1. The number of cyclic esters (lactones) is 1. The van der Waals surface area contributed by atoms with E-state index in [4.69, 9.17) is 19.2 Å². The molecule has 3 aromatic carbocycles. The molecule has 0 spiro atoms. The number of rotatable bonds is 24. The Labute approximate surface area is 486 Å². The fraction of sp³-hybridized carbons (Fsp3) is 0.262. The molecule has 11 rings (SSSR count). The molecule has 2 aliphatic heterocycles. The smallest absolute Gasteiger partial charge is 0.343 e.